The largest absolute Gasteiger partial charge is 0.327 e. The zero-order valence-corrected chi connectivity index (χ0v) is 10.5. The van der Waals surface area contributed by atoms with Gasteiger partial charge in [0.15, 0.2) is 5.65 Å². The number of H-pyrrole nitrogens is 1. The van der Waals surface area contributed by atoms with Gasteiger partial charge in [0.05, 0.1) is 5.69 Å². The molecule has 2 aromatic heterocycles. The molecule has 0 atom stereocenters. The van der Waals surface area contributed by atoms with Gasteiger partial charge in [-0.05, 0) is 37.3 Å². The monoisotopic (exact) mass is 252 g/mol. The Bertz CT molecular complexity index is 639. The van der Waals surface area contributed by atoms with E-state index in [1.807, 2.05) is 6.92 Å². The molecule has 1 aliphatic carbocycles. The van der Waals surface area contributed by atoms with E-state index in [9.17, 15) is 4.79 Å². The Kier molecular flexibility index (Phi) is 2.26. The third kappa shape index (κ3) is 1.57. The molecular weight excluding hydrogens is 240 g/mol. The highest BCUT2D eigenvalue weighted by Gasteiger charge is 2.30. The van der Waals surface area contributed by atoms with Gasteiger partial charge in [-0.2, -0.15) is 4.98 Å². The molecule has 2 heterocycles. The van der Waals surface area contributed by atoms with E-state index in [2.05, 4.69) is 21.9 Å². The lowest BCUT2D eigenvalue weighted by atomic mass is 9.82. The fourth-order valence-corrected chi connectivity index (χ4v) is 2.72. The van der Waals surface area contributed by atoms with Crippen LogP contribution in [0.15, 0.2) is 4.79 Å². The molecule has 17 heavy (non-hydrogen) atoms. The normalized spacial score (nSPS) is 23.9. The van der Waals surface area contributed by atoms with Crippen molar-refractivity contribution < 1.29 is 0 Å². The molecule has 1 N–H and O–H groups in total. The fourth-order valence-electron chi connectivity index (χ4n) is 2.52. The average Bonchev–Trinajstić information content (AvgIpc) is 2.51. The van der Waals surface area contributed by atoms with Crippen molar-refractivity contribution in [3.05, 3.63) is 21.5 Å². The second-order valence-corrected chi connectivity index (χ2v) is 5.15. The number of hydrogen-bond acceptors (Lipinski definition) is 3. The highest BCUT2D eigenvalue weighted by molar-refractivity contribution is 6.28. The van der Waals surface area contributed by atoms with Crippen LogP contribution in [0.3, 0.4) is 0 Å². The molecule has 0 radical (unpaired) electrons. The van der Waals surface area contributed by atoms with E-state index < -0.39 is 0 Å². The average molecular weight is 253 g/mol. The molecule has 1 aliphatic rings. The first-order chi connectivity index (χ1) is 8.06. The van der Waals surface area contributed by atoms with Crippen LogP contribution in [0.2, 0.25) is 5.28 Å². The van der Waals surface area contributed by atoms with Gasteiger partial charge in [0.2, 0.25) is 5.28 Å². The molecule has 90 valence electrons. The van der Waals surface area contributed by atoms with Gasteiger partial charge >= 0.3 is 5.69 Å². The van der Waals surface area contributed by atoms with Gasteiger partial charge in [0, 0.05) is 6.04 Å². The zero-order valence-electron chi connectivity index (χ0n) is 9.70. The number of aromatic amines is 1. The van der Waals surface area contributed by atoms with Crippen LogP contribution in [0.25, 0.3) is 11.2 Å². The van der Waals surface area contributed by atoms with Crippen molar-refractivity contribution in [1.82, 2.24) is 19.5 Å². The quantitative estimate of drug-likeness (QED) is 0.790. The van der Waals surface area contributed by atoms with Gasteiger partial charge in [-0.3, -0.25) is 4.57 Å². The van der Waals surface area contributed by atoms with Crippen molar-refractivity contribution in [2.24, 2.45) is 5.92 Å². The first-order valence-electron chi connectivity index (χ1n) is 5.70. The summed E-state index contributed by atoms with van der Waals surface area (Å²) < 4.78 is 1.72. The first kappa shape index (κ1) is 10.8. The van der Waals surface area contributed by atoms with E-state index in [4.69, 9.17) is 11.6 Å². The minimum absolute atomic E-state index is 0.114. The van der Waals surface area contributed by atoms with Crippen molar-refractivity contribution in [2.45, 2.75) is 32.7 Å². The second-order valence-electron chi connectivity index (χ2n) is 4.81. The Hall–Kier alpha value is -1.36. The molecule has 0 spiro atoms. The van der Waals surface area contributed by atoms with E-state index in [1.165, 1.54) is 0 Å². The molecule has 0 aliphatic heterocycles. The van der Waals surface area contributed by atoms with Crippen LogP contribution < -0.4 is 5.69 Å². The number of rotatable bonds is 1. The standard InChI is InChI=1S/C11H13ClN4O/c1-5-3-7(4-5)16-9-8(14-11(16)17)6(2)13-10(12)15-9/h5,7H,3-4H2,1-2H3,(H,14,17). The van der Waals surface area contributed by atoms with Crippen LogP contribution in [-0.2, 0) is 0 Å². The fraction of sp³-hybridized carbons (Fsp3) is 0.545. The van der Waals surface area contributed by atoms with Gasteiger partial charge in [0.25, 0.3) is 0 Å². The number of fused-ring (bicyclic) bond motifs is 1. The summed E-state index contributed by atoms with van der Waals surface area (Å²) >= 11 is 5.85. The van der Waals surface area contributed by atoms with Gasteiger partial charge in [-0.25, -0.2) is 9.78 Å². The smallest absolute Gasteiger partial charge is 0.303 e. The molecule has 0 unspecified atom stereocenters. The van der Waals surface area contributed by atoms with Crippen molar-refractivity contribution in [3.63, 3.8) is 0 Å². The SMILES string of the molecule is Cc1nc(Cl)nc2c1[nH]c(=O)n2C1CC(C)C1. The van der Waals surface area contributed by atoms with Gasteiger partial charge in [0.1, 0.15) is 5.52 Å². The molecule has 3 rings (SSSR count). The van der Waals surface area contributed by atoms with Gasteiger partial charge < -0.3 is 4.98 Å². The molecule has 0 bridgehead atoms. The van der Waals surface area contributed by atoms with Crippen molar-refractivity contribution >= 4 is 22.8 Å². The maximum Gasteiger partial charge on any atom is 0.327 e. The maximum absolute atomic E-state index is 11.9. The Labute approximate surface area is 103 Å². The Morgan fingerprint density at radius 3 is 2.76 bits per heavy atom. The first-order valence-corrected chi connectivity index (χ1v) is 6.08. The number of hydrogen-bond donors (Lipinski definition) is 1. The summed E-state index contributed by atoms with van der Waals surface area (Å²) in [7, 11) is 0. The third-order valence-electron chi connectivity index (χ3n) is 3.44. The van der Waals surface area contributed by atoms with Crippen LogP contribution in [0.1, 0.15) is 31.5 Å². The molecule has 6 heteroatoms. The van der Waals surface area contributed by atoms with E-state index in [0.29, 0.717) is 22.8 Å². The number of aryl methyl sites for hydroxylation is 1. The summed E-state index contributed by atoms with van der Waals surface area (Å²) in [5, 5.41) is 0.190. The topological polar surface area (TPSA) is 63.6 Å². The van der Waals surface area contributed by atoms with Crippen LogP contribution in [0.4, 0.5) is 0 Å². The molecule has 2 aromatic rings. The van der Waals surface area contributed by atoms with Crippen molar-refractivity contribution in [2.75, 3.05) is 0 Å². The summed E-state index contributed by atoms with van der Waals surface area (Å²) in [6, 6.07) is 0.247. The number of nitrogens with one attached hydrogen (secondary N) is 1. The Morgan fingerprint density at radius 2 is 2.12 bits per heavy atom. The molecule has 5 nitrogen and oxygen atoms in total. The van der Waals surface area contributed by atoms with Crippen LogP contribution in [-0.4, -0.2) is 19.5 Å². The summed E-state index contributed by atoms with van der Waals surface area (Å²) in [5.41, 5.74) is 1.92. The lowest BCUT2D eigenvalue weighted by molar-refractivity contribution is 0.216. The third-order valence-corrected chi connectivity index (χ3v) is 3.61. The van der Waals surface area contributed by atoms with Crippen molar-refractivity contribution in [3.8, 4) is 0 Å². The van der Waals surface area contributed by atoms with Crippen LogP contribution >= 0.6 is 11.6 Å². The minimum Gasteiger partial charge on any atom is -0.303 e. The Balaban J connectivity index is 2.23. The number of nitrogens with zero attached hydrogens (tertiary/aromatic N) is 3. The molecular formula is C11H13ClN4O. The van der Waals surface area contributed by atoms with Crippen LogP contribution in [0, 0.1) is 12.8 Å². The highest BCUT2D eigenvalue weighted by atomic mass is 35.5. The van der Waals surface area contributed by atoms with E-state index in [1.54, 1.807) is 4.57 Å². The summed E-state index contributed by atoms with van der Waals surface area (Å²) in [5.74, 6) is 0.676. The highest BCUT2D eigenvalue weighted by Crippen LogP contribution is 2.37. The predicted octanol–water partition coefficient (Wildman–Crippen LogP) is 2.05. The molecule has 0 aromatic carbocycles. The van der Waals surface area contributed by atoms with E-state index in [-0.39, 0.29) is 17.0 Å². The molecule has 1 saturated carbocycles. The summed E-state index contributed by atoms with van der Waals surface area (Å²) in [4.78, 5) is 23.0. The lowest BCUT2D eigenvalue weighted by Crippen LogP contribution is -2.31. The molecule has 0 saturated heterocycles. The summed E-state index contributed by atoms with van der Waals surface area (Å²) in [6.45, 7) is 4.00. The summed E-state index contributed by atoms with van der Waals surface area (Å²) in [6.07, 6.45) is 2.04. The van der Waals surface area contributed by atoms with Crippen molar-refractivity contribution in [1.29, 1.82) is 0 Å². The Morgan fingerprint density at radius 1 is 1.41 bits per heavy atom. The number of aromatic nitrogens is 4. The molecule has 1 fully saturated rings. The van der Waals surface area contributed by atoms with E-state index in [0.717, 1.165) is 12.8 Å². The minimum atomic E-state index is -0.114. The van der Waals surface area contributed by atoms with Gasteiger partial charge in [-0.1, -0.05) is 6.92 Å². The number of halogens is 1. The predicted molar refractivity (Wildman–Crippen MR) is 65.3 cm³/mol. The zero-order chi connectivity index (χ0) is 12.2. The lowest BCUT2D eigenvalue weighted by Gasteiger charge is -2.33. The van der Waals surface area contributed by atoms with Gasteiger partial charge in [-0.15, -0.1) is 0 Å². The van der Waals surface area contributed by atoms with Crippen LogP contribution in [0.5, 0.6) is 0 Å². The second kappa shape index (κ2) is 3.57. The maximum atomic E-state index is 11.9. The van der Waals surface area contributed by atoms with E-state index >= 15 is 0 Å². The number of imidazole rings is 1. The molecule has 0 amide bonds.